The Hall–Kier alpha value is -1.36. The fourth-order valence-electron chi connectivity index (χ4n) is 1.19. The van der Waals surface area contributed by atoms with Crippen LogP contribution in [0.2, 0.25) is 0 Å². The lowest BCUT2D eigenvalue weighted by molar-refractivity contribution is 0.447. The number of rotatable bonds is 5. The quantitative estimate of drug-likeness (QED) is 0.701. The van der Waals surface area contributed by atoms with Crippen LogP contribution in [0.1, 0.15) is 19.7 Å². The Morgan fingerprint density at radius 3 is 2.38 bits per heavy atom. The topological polar surface area (TPSA) is 61.9 Å². The summed E-state index contributed by atoms with van der Waals surface area (Å²) in [5.74, 6) is 2.44. The average molecular weight is 223 g/mol. The molecule has 0 aliphatic rings. The summed E-state index contributed by atoms with van der Waals surface area (Å²) in [7, 11) is 3.80. The van der Waals surface area contributed by atoms with Crippen molar-refractivity contribution in [3.63, 3.8) is 0 Å². The second-order valence-electron chi connectivity index (χ2n) is 4.42. The maximum absolute atomic E-state index is 4.33. The average Bonchev–Trinajstić information content (AvgIpc) is 2.26. The van der Waals surface area contributed by atoms with Crippen molar-refractivity contribution in [2.75, 3.05) is 31.3 Å². The zero-order valence-corrected chi connectivity index (χ0v) is 10.7. The van der Waals surface area contributed by atoms with Crippen LogP contribution in [0.3, 0.4) is 0 Å². The molecular weight excluding hydrogens is 202 g/mol. The second kappa shape index (κ2) is 5.12. The summed E-state index contributed by atoms with van der Waals surface area (Å²) in [5.41, 5.74) is 0.0403. The fraction of sp³-hybridized carbons (Fsp3) is 0.636. The van der Waals surface area contributed by atoms with Crippen LogP contribution >= 0.6 is 0 Å². The highest BCUT2D eigenvalue weighted by Crippen LogP contribution is 2.11. The van der Waals surface area contributed by atoms with E-state index in [0.717, 1.165) is 24.0 Å². The minimum absolute atomic E-state index is 0.0403. The number of aromatic nitrogens is 2. The van der Waals surface area contributed by atoms with Gasteiger partial charge in [-0.05, 0) is 27.8 Å². The number of nitrogens with zero attached hydrogens (tertiary/aromatic N) is 2. The van der Waals surface area contributed by atoms with Gasteiger partial charge >= 0.3 is 0 Å². The number of likely N-dealkylation sites (N-methyl/N-ethyl adjacent to an activating group) is 1. The molecule has 0 bridgehead atoms. The Bertz CT molecular complexity index is 348. The van der Waals surface area contributed by atoms with Gasteiger partial charge in [-0.3, -0.25) is 0 Å². The molecule has 0 aromatic carbocycles. The van der Waals surface area contributed by atoms with Gasteiger partial charge in [0, 0.05) is 25.2 Å². The molecule has 0 aliphatic carbocycles. The predicted octanol–water partition coefficient (Wildman–Crippen LogP) is 1.24. The minimum Gasteiger partial charge on any atom is -0.373 e. The van der Waals surface area contributed by atoms with Crippen molar-refractivity contribution in [1.29, 1.82) is 0 Å². The van der Waals surface area contributed by atoms with Gasteiger partial charge in [0.05, 0.1) is 0 Å². The van der Waals surface area contributed by atoms with Crippen molar-refractivity contribution < 1.29 is 0 Å². The third kappa shape index (κ3) is 3.66. The summed E-state index contributed by atoms with van der Waals surface area (Å²) in [6.07, 6.45) is 0. The van der Waals surface area contributed by atoms with E-state index in [1.165, 1.54) is 0 Å². The highest BCUT2D eigenvalue weighted by atomic mass is 15.1. The monoisotopic (exact) mass is 223 g/mol. The molecule has 16 heavy (non-hydrogen) atoms. The summed E-state index contributed by atoms with van der Waals surface area (Å²) in [6.45, 7) is 6.96. The first-order valence-electron chi connectivity index (χ1n) is 5.43. The third-order valence-corrected chi connectivity index (χ3v) is 2.48. The van der Waals surface area contributed by atoms with Gasteiger partial charge in [0.15, 0.2) is 0 Å². The van der Waals surface area contributed by atoms with Gasteiger partial charge in [-0.15, -0.1) is 0 Å². The van der Waals surface area contributed by atoms with E-state index >= 15 is 0 Å². The van der Waals surface area contributed by atoms with E-state index in [4.69, 9.17) is 0 Å². The molecule has 0 saturated heterocycles. The molecular formula is C11H21N5. The highest BCUT2D eigenvalue weighted by Gasteiger charge is 2.14. The summed E-state index contributed by atoms with van der Waals surface area (Å²) >= 11 is 0. The van der Waals surface area contributed by atoms with Gasteiger partial charge in [-0.25, -0.2) is 9.97 Å². The zero-order chi connectivity index (χ0) is 12.2. The molecule has 0 spiro atoms. The van der Waals surface area contributed by atoms with Crippen molar-refractivity contribution in [1.82, 2.24) is 15.3 Å². The van der Waals surface area contributed by atoms with Crippen LogP contribution in [0.15, 0.2) is 6.07 Å². The van der Waals surface area contributed by atoms with Crippen molar-refractivity contribution in [2.45, 2.75) is 26.3 Å². The summed E-state index contributed by atoms with van der Waals surface area (Å²) < 4.78 is 0. The van der Waals surface area contributed by atoms with Gasteiger partial charge in [-0.2, -0.15) is 0 Å². The standard InChI is InChI=1S/C11H21N5/c1-8-15-9(12-4)6-10(16-8)14-7-11(2,3)13-5/h6,13H,7H2,1-5H3,(H2,12,14,15,16). The highest BCUT2D eigenvalue weighted by molar-refractivity contribution is 5.47. The van der Waals surface area contributed by atoms with Crippen molar-refractivity contribution in [2.24, 2.45) is 0 Å². The Morgan fingerprint density at radius 1 is 1.19 bits per heavy atom. The number of hydrogen-bond acceptors (Lipinski definition) is 5. The lowest BCUT2D eigenvalue weighted by Crippen LogP contribution is -2.42. The first-order valence-corrected chi connectivity index (χ1v) is 5.43. The maximum Gasteiger partial charge on any atom is 0.131 e. The summed E-state index contributed by atoms with van der Waals surface area (Å²) in [4.78, 5) is 8.57. The van der Waals surface area contributed by atoms with Gasteiger partial charge in [0.1, 0.15) is 17.5 Å². The predicted molar refractivity (Wildman–Crippen MR) is 67.9 cm³/mol. The van der Waals surface area contributed by atoms with Gasteiger partial charge < -0.3 is 16.0 Å². The molecule has 0 aliphatic heterocycles. The second-order valence-corrected chi connectivity index (χ2v) is 4.42. The van der Waals surface area contributed by atoms with Crippen LogP contribution in [-0.2, 0) is 0 Å². The van der Waals surface area contributed by atoms with Crippen LogP contribution < -0.4 is 16.0 Å². The molecule has 1 aromatic heterocycles. The molecule has 1 heterocycles. The van der Waals surface area contributed by atoms with E-state index in [-0.39, 0.29) is 5.54 Å². The Balaban J connectivity index is 2.70. The van der Waals surface area contributed by atoms with Crippen LogP contribution in [0.25, 0.3) is 0 Å². The molecule has 0 atom stereocenters. The lowest BCUT2D eigenvalue weighted by atomic mass is 10.1. The minimum atomic E-state index is 0.0403. The molecule has 5 heteroatoms. The zero-order valence-electron chi connectivity index (χ0n) is 10.7. The van der Waals surface area contributed by atoms with Crippen molar-refractivity contribution in [3.8, 4) is 0 Å². The Kier molecular flexibility index (Phi) is 4.06. The van der Waals surface area contributed by atoms with Crippen molar-refractivity contribution in [3.05, 3.63) is 11.9 Å². The molecule has 1 rings (SSSR count). The first-order chi connectivity index (χ1) is 7.46. The number of hydrogen-bond donors (Lipinski definition) is 3. The van der Waals surface area contributed by atoms with E-state index in [1.54, 1.807) is 0 Å². The maximum atomic E-state index is 4.33. The number of aryl methyl sites for hydroxylation is 1. The van der Waals surface area contributed by atoms with E-state index < -0.39 is 0 Å². The first kappa shape index (κ1) is 12.7. The molecule has 0 fully saturated rings. The van der Waals surface area contributed by atoms with Crippen LogP contribution in [-0.4, -0.2) is 36.1 Å². The smallest absolute Gasteiger partial charge is 0.131 e. The van der Waals surface area contributed by atoms with Crippen LogP contribution in [0, 0.1) is 6.92 Å². The summed E-state index contributed by atoms with van der Waals surface area (Å²) in [6, 6.07) is 1.90. The third-order valence-electron chi connectivity index (χ3n) is 2.48. The Morgan fingerprint density at radius 2 is 1.81 bits per heavy atom. The van der Waals surface area contributed by atoms with E-state index in [9.17, 15) is 0 Å². The molecule has 0 radical (unpaired) electrons. The Labute approximate surface area is 97.1 Å². The molecule has 1 aromatic rings. The van der Waals surface area contributed by atoms with Crippen molar-refractivity contribution >= 4 is 11.6 Å². The fourth-order valence-corrected chi connectivity index (χ4v) is 1.19. The van der Waals surface area contributed by atoms with E-state index in [2.05, 4.69) is 39.8 Å². The van der Waals surface area contributed by atoms with E-state index in [0.29, 0.717) is 0 Å². The molecule has 0 amide bonds. The normalized spacial score (nSPS) is 11.3. The van der Waals surface area contributed by atoms with Crippen LogP contribution in [0.5, 0.6) is 0 Å². The molecule has 0 saturated carbocycles. The number of nitrogens with one attached hydrogen (secondary N) is 3. The van der Waals surface area contributed by atoms with E-state index in [1.807, 2.05) is 27.1 Å². The lowest BCUT2D eigenvalue weighted by Gasteiger charge is -2.24. The number of anilines is 2. The molecule has 5 nitrogen and oxygen atoms in total. The largest absolute Gasteiger partial charge is 0.373 e. The summed E-state index contributed by atoms with van der Waals surface area (Å²) in [5, 5.41) is 9.54. The molecule has 90 valence electrons. The van der Waals surface area contributed by atoms with Crippen LogP contribution in [0.4, 0.5) is 11.6 Å². The SMILES string of the molecule is CNc1cc(NCC(C)(C)NC)nc(C)n1. The molecule has 0 unspecified atom stereocenters. The molecule has 3 N–H and O–H groups in total. The van der Waals surface area contributed by atoms with Gasteiger partial charge in [-0.1, -0.05) is 0 Å². The van der Waals surface area contributed by atoms with Gasteiger partial charge in [0.2, 0.25) is 0 Å². The van der Waals surface area contributed by atoms with Gasteiger partial charge in [0.25, 0.3) is 0 Å².